The molecule has 76 valence electrons. The summed E-state index contributed by atoms with van der Waals surface area (Å²) in [4.78, 5) is 0. The molecule has 0 radical (unpaired) electrons. The van der Waals surface area contributed by atoms with Crippen molar-refractivity contribution in [3.8, 4) is 11.5 Å². The first-order valence-electron chi connectivity index (χ1n) is 4.83. The van der Waals surface area contributed by atoms with Crippen LogP contribution in [0.15, 0.2) is 12.1 Å². The molecule has 1 heterocycles. The summed E-state index contributed by atoms with van der Waals surface area (Å²) in [5, 5.41) is 13.1. The highest BCUT2D eigenvalue weighted by atomic mass is 16.5. The van der Waals surface area contributed by atoms with Gasteiger partial charge in [0.1, 0.15) is 0 Å². The van der Waals surface area contributed by atoms with Gasteiger partial charge in [0.25, 0.3) is 0 Å². The lowest BCUT2D eigenvalue weighted by Gasteiger charge is -2.29. The van der Waals surface area contributed by atoms with Crippen LogP contribution in [0.1, 0.15) is 23.6 Å². The van der Waals surface area contributed by atoms with Crippen LogP contribution in [0.25, 0.3) is 0 Å². The van der Waals surface area contributed by atoms with Crippen LogP contribution in [0.3, 0.4) is 0 Å². The second-order valence-electron chi connectivity index (χ2n) is 3.70. The van der Waals surface area contributed by atoms with Gasteiger partial charge in [0.05, 0.1) is 7.11 Å². The molecule has 1 aliphatic heterocycles. The van der Waals surface area contributed by atoms with E-state index in [9.17, 15) is 5.11 Å². The van der Waals surface area contributed by atoms with Gasteiger partial charge in [-0.1, -0.05) is 6.07 Å². The Morgan fingerprint density at radius 1 is 1.50 bits per heavy atom. The number of phenolic OH excluding ortho intramolecular Hbond substituents is 1. The Morgan fingerprint density at radius 3 is 2.71 bits per heavy atom. The normalized spacial score (nSPS) is 20.3. The van der Waals surface area contributed by atoms with Crippen LogP contribution in [0.5, 0.6) is 11.5 Å². The van der Waals surface area contributed by atoms with Crippen molar-refractivity contribution in [2.24, 2.45) is 0 Å². The third-order valence-electron chi connectivity index (χ3n) is 2.67. The minimum Gasteiger partial charge on any atom is -0.504 e. The van der Waals surface area contributed by atoms with Gasteiger partial charge >= 0.3 is 0 Å². The number of nitrogens with one attached hydrogen (secondary N) is 1. The predicted octanol–water partition coefficient (Wildman–Crippen LogP) is 1.74. The Bertz CT molecular complexity index is 345. The van der Waals surface area contributed by atoms with E-state index in [0.29, 0.717) is 11.8 Å². The number of aromatic hydroxyl groups is 1. The molecule has 0 aliphatic carbocycles. The topological polar surface area (TPSA) is 41.5 Å². The molecule has 2 N–H and O–H groups in total. The van der Waals surface area contributed by atoms with Crippen LogP contribution < -0.4 is 10.1 Å². The Hall–Kier alpha value is -1.22. The van der Waals surface area contributed by atoms with E-state index in [1.54, 1.807) is 7.11 Å². The summed E-state index contributed by atoms with van der Waals surface area (Å²) in [6.07, 6.45) is 1.08. The molecule has 0 aromatic heterocycles. The summed E-state index contributed by atoms with van der Waals surface area (Å²) in [6.45, 7) is 3.03. The SMILES string of the molecule is COc1cc(C)cc([C@@H]2CCN2)c1O. The number of hydrogen-bond acceptors (Lipinski definition) is 3. The lowest BCUT2D eigenvalue weighted by atomic mass is 9.95. The van der Waals surface area contributed by atoms with Crippen molar-refractivity contribution >= 4 is 0 Å². The molecule has 0 bridgehead atoms. The number of hydrogen-bond donors (Lipinski definition) is 2. The largest absolute Gasteiger partial charge is 0.504 e. The van der Waals surface area contributed by atoms with Crippen molar-refractivity contribution in [1.82, 2.24) is 5.32 Å². The molecule has 14 heavy (non-hydrogen) atoms. The zero-order valence-corrected chi connectivity index (χ0v) is 8.50. The molecule has 1 atom stereocenters. The first-order chi connectivity index (χ1) is 6.72. The smallest absolute Gasteiger partial charge is 0.162 e. The van der Waals surface area contributed by atoms with Crippen molar-refractivity contribution in [3.05, 3.63) is 23.3 Å². The van der Waals surface area contributed by atoms with Gasteiger partial charge in [-0.05, 0) is 31.5 Å². The second-order valence-corrected chi connectivity index (χ2v) is 3.70. The minimum atomic E-state index is 0.273. The van der Waals surface area contributed by atoms with Gasteiger partial charge in [0, 0.05) is 11.6 Å². The molecule has 3 nitrogen and oxygen atoms in total. The number of methoxy groups -OCH3 is 1. The number of ether oxygens (including phenoxy) is 1. The Labute approximate surface area is 83.7 Å². The van der Waals surface area contributed by atoms with Crippen LogP contribution in [0.4, 0.5) is 0 Å². The van der Waals surface area contributed by atoms with Gasteiger partial charge in [-0.25, -0.2) is 0 Å². The summed E-state index contributed by atoms with van der Waals surface area (Å²) < 4.78 is 5.11. The second kappa shape index (κ2) is 3.50. The van der Waals surface area contributed by atoms with Crippen LogP contribution in [0.2, 0.25) is 0 Å². The standard InChI is InChI=1S/C11H15NO2/c1-7-5-8(9-3-4-12-9)11(13)10(6-7)14-2/h5-6,9,12-13H,3-4H2,1-2H3/t9-/m0/s1. The minimum absolute atomic E-state index is 0.273. The van der Waals surface area contributed by atoms with Gasteiger partial charge in [0.2, 0.25) is 0 Å². The number of aryl methyl sites for hydroxylation is 1. The summed E-state index contributed by atoms with van der Waals surface area (Å²) in [6, 6.07) is 4.15. The summed E-state index contributed by atoms with van der Waals surface area (Å²) in [7, 11) is 1.58. The summed E-state index contributed by atoms with van der Waals surface area (Å²) >= 11 is 0. The fourth-order valence-electron chi connectivity index (χ4n) is 1.75. The monoisotopic (exact) mass is 193 g/mol. The fourth-order valence-corrected chi connectivity index (χ4v) is 1.75. The Morgan fingerprint density at radius 2 is 2.21 bits per heavy atom. The zero-order valence-electron chi connectivity index (χ0n) is 8.50. The number of rotatable bonds is 2. The summed E-state index contributed by atoms with van der Waals surface area (Å²) in [5.41, 5.74) is 2.07. The van der Waals surface area contributed by atoms with E-state index in [4.69, 9.17) is 4.74 Å². The van der Waals surface area contributed by atoms with Crippen molar-refractivity contribution in [2.45, 2.75) is 19.4 Å². The first kappa shape index (κ1) is 9.34. The van der Waals surface area contributed by atoms with Crippen LogP contribution in [-0.4, -0.2) is 18.8 Å². The third-order valence-corrected chi connectivity index (χ3v) is 2.67. The van der Waals surface area contributed by atoms with E-state index in [-0.39, 0.29) is 5.75 Å². The average Bonchev–Trinajstić information content (AvgIpc) is 2.07. The number of benzene rings is 1. The molecule has 1 aromatic carbocycles. The van der Waals surface area contributed by atoms with Crippen LogP contribution in [0, 0.1) is 6.92 Å². The molecule has 1 saturated heterocycles. The van der Waals surface area contributed by atoms with Crippen molar-refractivity contribution in [1.29, 1.82) is 0 Å². The maximum absolute atomic E-state index is 9.88. The molecular weight excluding hydrogens is 178 g/mol. The van der Waals surface area contributed by atoms with Gasteiger partial charge < -0.3 is 15.2 Å². The van der Waals surface area contributed by atoms with E-state index in [2.05, 4.69) is 5.32 Å². The lowest BCUT2D eigenvalue weighted by Crippen LogP contribution is -2.35. The molecule has 0 saturated carbocycles. The van der Waals surface area contributed by atoms with E-state index >= 15 is 0 Å². The molecule has 2 rings (SSSR count). The maximum Gasteiger partial charge on any atom is 0.162 e. The van der Waals surface area contributed by atoms with Gasteiger partial charge in [-0.3, -0.25) is 0 Å². The highest BCUT2D eigenvalue weighted by molar-refractivity contribution is 5.50. The van der Waals surface area contributed by atoms with E-state index in [1.165, 1.54) is 0 Å². The van der Waals surface area contributed by atoms with Gasteiger partial charge in [-0.15, -0.1) is 0 Å². The van der Waals surface area contributed by atoms with Crippen molar-refractivity contribution < 1.29 is 9.84 Å². The quantitative estimate of drug-likeness (QED) is 0.751. The van der Waals surface area contributed by atoms with E-state index < -0.39 is 0 Å². The van der Waals surface area contributed by atoms with Crippen LogP contribution in [-0.2, 0) is 0 Å². The summed E-state index contributed by atoms with van der Waals surface area (Å²) in [5.74, 6) is 0.837. The highest BCUT2D eigenvalue weighted by Crippen LogP contribution is 2.37. The first-order valence-corrected chi connectivity index (χ1v) is 4.83. The van der Waals surface area contributed by atoms with Crippen LogP contribution >= 0.6 is 0 Å². The molecular formula is C11H15NO2. The molecule has 3 heteroatoms. The molecule has 0 spiro atoms. The number of phenols is 1. The Balaban J connectivity index is 2.41. The zero-order chi connectivity index (χ0) is 10.1. The van der Waals surface area contributed by atoms with Gasteiger partial charge in [-0.2, -0.15) is 0 Å². The average molecular weight is 193 g/mol. The van der Waals surface area contributed by atoms with E-state index in [1.807, 2.05) is 19.1 Å². The lowest BCUT2D eigenvalue weighted by molar-refractivity contribution is 0.341. The third kappa shape index (κ3) is 1.44. The molecule has 1 aromatic rings. The van der Waals surface area contributed by atoms with Gasteiger partial charge in [0.15, 0.2) is 11.5 Å². The molecule has 0 unspecified atom stereocenters. The molecule has 1 aliphatic rings. The maximum atomic E-state index is 9.88. The van der Waals surface area contributed by atoms with E-state index in [0.717, 1.165) is 24.1 Å². The molecule has 1 fully saturated rings. The molecule has 0 amide bonds. The van der Waals surface area contributed by atoms with Crippen molar-refractivity contribution in [2.75, 3.05) is 13.7 Å². The van der Waals surface area contributed by atoms with Crippen molar-refractivity contribution in [3.63, 3.8) is 0 Å². The Kier molecular flexibility index (Phi) is 2.33. The fraction of sp³-hybridized carbons (Fsp3) is 0.455. The predicted molar refractivity (Wildman–Crippen MR) is 54.8 cm³/mol. The highest BCUT2D eigenvalue weighted by Gasteiger charge is 2.23.